The standard InChI is InChI=1S/C19H26N4O/c1-3-20-19(23-14-17-15(2)8-7-12-21-17)22-13-11-18(24)16-9-5-4-6-10-16/h4-10,12,18,24H,3,11,13-14H2,1-2H3,(H2,20,22,23). The normalized spacial score (nSPS) is 12.7. The average molecular weight is 326 g/mol. The molecule has 24 heavy (non-hydrogen) atoms. The minimum absolute atomic E-state index is 0.473. The zero-order chi connectivity index (χ0) is 17.2. The first-order valence-corrected chi connectivity index (χ1v) is 8.36. The molecule has 3 N–H and O–H groups in total. The highest BCUT2D eigenvalue weighted by Crippen LogP contribution is 2.14. The third-order valence-corrected chi connectivity index (χ3v) is 3.74. The first-order chi connectivity index (χ1) is 11.7. The fourth-order valence-electron chi connectivity index (χ4n) is 2.35. The number of aliphatic hydroxyl groups excluding tert-OH is 1. The highest BCUT2D eigenvalue weighted by Gasteiger charge is 2.07. The molecule has 5 heteroatoms. The smallest absolute Gasteiger partial charge is 0.191 e. The number of aliphatic imine (C=N–C) groups is 1. The molecule has 0 saturated heterocycles. The van der Waals surface area contributed by atoms with Gasteiger partial charge in [-0.2, -0.15) is 0 Å². The van der Waals surface area contributed by atoms with Crippen LogP contribution in [-0.2, 0) is 6.54 Å². The Labute approximate surface area is 143 Å². The summed E-state index contributed by atoms with van der Waals surface area (Å²) in [5.41, 5.74) is 3.04. The van der Waals surface area contributed by atoms with Gasteiger partial charge in [0.2, 0.25) is 0 Å². The number of aryl methyl sites for hydroxylation is 1. The van der Waals surface area contributed by atoms with E-state index in [2.05, 4.69) is 20.6 Å². The SMILES string of the molecule is CCNC(=NCc1ncccc1C)NCCC(O)c1ccccc1. The Morgan fingerprint density at radius 1 is 1.17 bits per heavy atom. The van der Waals surface area contributed by atoms with Crippen LogP contribution in [0.1, 0.15) is 36.3 Å². The number of pyridine rings is 1. The molecule has 2 rings (SSSR count). The van der Waals surface area contributed by atoms with Crippen LogP contribution in [0.25, 0.3) is 0 Å². The summed E-state index contributed by atoms with van der Waals surface area (Å²) < 4.78 is 0. The predicted octanol–water partition coefficient (Wildman–Crippen LogP) is 2.57. The number of hydrogen-bond donors (Lipinski definition) is 3. The second-order valence-corrected chi connectivity index (χ2v) is 5.60. The third-order valence-electron chi connectivity index (χ3n) is 3.74. The van der Waals surface area contributed by atoms with Gasteiger partial charge in [0.15, 0.2) is 5.96 Å². The summed E-state index contributed by atoms with van der Waals surface area (Å²) >= 11 is 0. The van der Waals surface area contributed by atoms with Gasteiger partial charge in [0.25, 0.3) is 0 Å². The Morgan fingerprint density at radius 2 is 1.96 bits per heavy atom. The topological polar surface area (TPSA) is 69.5 Å². The molecule has 0 aliphatic rings. The fourth-order valence-corrected chi connectivity index (χ4v) is 2.35. The molecule has 0 aliphatic carbocycles. The summed E-state index contributed by atoms with van der Waals surface area (Å²) in [5, 5.41) is 16.7. The lowest BCUT2D eigenvalue weighted by Crippen LogP contribution is -2.38. The molecule has 0 amide bonds. The van der Waals surface area contributed by atoms with Crippen molar-refractivity contribution >= 4 is 5.96 Å². The van der Waals surface area contributed by atoms with Crippen LogP contribution in [0.2, 0.25) is 0 Å². The van der Waals surface area contributed by atoms with E-state index in [1.807, 2.05) is 56.3 Å². The Morgan fingerprint density at radius 3 is 2.67 bits per heavy atom. The van der Waals surface area contributed by atoms with Gasteiger partial charge in [-0.05, 0) is 37.5 Å². The van der Waals surface area contributed by atoms with Gasteiger partial charge in [0.1, 0.15) is 0 Å². The van der Waals surface area contributed by atoms with E-state index < -0.39 is 6.10 Å². The minimum atomic E-state index is -0.473. The van der Waals surface area contributed by atoms with Crippen molar-refractivity contribution in [2.75, 3.05) is 13.1 Å². The van der Waals surface area contributed by atoms with Gasteiger partial charge in [-0.3, -0.25) is 4.98 Å². The van der Waals surface area contributed by atoms with Gasteiger partial charge in [-0.1, -0.05) is 36.4 Å². The van der Waals surface area contributed by atoms with Crippen molar-refractivity contribution in [3.05, 3.63) is 65.5 Å². The molecule has 0 aliphatic heterocycles. The van der Waals surface area contributed by atoms with Crippen molar-refractivity contribution < 1.29 is 5.11 Å². The van der Waals surface area contributed by atoms with Crippen LogP contribution >= 0.6 is 0 Å². The number of rotatable bonds is 7. The number of aliphatic hydroxyl groups is 1. The third kappa shape index (κ3) is 5.66. The maximum Gasteiger partial charge on any atom is 0.191 e. The number of aromatic nitrogens is 1. The van der Waals surface area contributed by atoms with Crippen LogP contribution in [-0.4, -0.2) is 29.1 Å². The van der Waals surface area contributed by atoms with Crippen LogP contribution in [0, 0.1) is 6.92 Å². The largest absolute Gasteiger partial charge is 0.388 e. The summed E-state index contributed by atoms with van der Waals surface area (Å²) in [6.45, 7) is 6.02. The highest BCUT2D eigenvalue weighted by atomic mass is 16.3. The fraction of sp³-hybridized carbons (Fsp3) is 0.368. The van der Waals surface area contributed by atoms with Crippen LogP contribution in [0.3, 0.4) is 0 Å². The molecule has 0 spiro atoms. The molecule has 0 bridgehead atoms. The van der Waals surface area contributed by atoms with Gasteiger partial charge in [-0.25, -0.2) is 4.99 Å². The molecule has 2 aromatic rings. The van der Waals surface area contributed by atoms with Crippen molar-refractivity contribution in [1.29, 1.82) is 0 Å². The molecule has 1 unspecified atom stereocenters. The van der Waals surface area contributed by atoms with Gasteiger partial charge >= 0.3 is 0 Å². The lowest BCUT2D eigenvalue weighted by molar-refractivity contribution is 0.168. The zero-order valence-electron chi connectivity index (χ0n) is 14.4. The second kappa shape index (κ2) is 9.67. The molecule has 128 valence electrons. The first kappa shape index (κ1) is 17.9. The van der Waals surface area contributed by atoms with E-state index in [0.717, 1.165) is 29.3 Å². The summed E-state index contributed by atoms with van der Waals surface area (Å²) in [6.07, 6.45) is 1.94. The minimum Gasteiger partial charge on any atom is -0.388 e. The molecule has 1 aromatic heterocycles. The Balaban J connectivity index is 1.87. The molecule has 1 heterocycles. The molecule has 0 radical (unpaired) electrons. The van der Waals surface area contributed by atoms with Crippen LogP contribution < -0.4 is 10.6 Å². The monoisotopic (exact) mass is 326 g/mol. The van der Waals surface area contributed by atoms with E-state index in [9.17, 15) is 5.11 Å². The number of nitrogens with zero attached hydrogens (tertiary/aromatic N) is 2. The lowest BCUT2D eigenvalue weighted by atomic mass is 10.1. The zero-order valence-corrected chi connectivity index (χ0v) is 14.4. The highest BCUT2D eigenvalue weighted by molar-refractivity contribution is 5.79. The van der Waals surface area contributed by atoms with Crippen LogP contribution in [0.5, 0.6) is 0 Å². The maximum atomic E-state index is 10.2. The van der Waals surface area contributed by atoms with E-state index in [4.69, 9.17) is 0 Å². The molecule has 1 atom stereocenters. The van der Waals surface area contributed by atoms with Crippen LogP contribution in [0.15, 0.2) is 53.7 Å². The number of benzene rings is 1. The molecule has 1 aromatic carbocycles. The lowest BCUT2D eigenvalue weighted by Gasteiger charge is -2.14. The first-order valence-electron chi connectivity index (χ1n) is 8.36. The van der Waals surface area contributed by atoms with Crippen molar-refractivity contribution in [2.24, 2.45) is 4.99 Å². The second-order valence-electron chi connectivity index (χ2n) is 5.60. The number of nitrogens with one attached hydrogen (secondary N) is 2. The molecular weight excluding hydrogens is 300 g/mol. The molecule has 0 fully saturated rings. The predicted molar refractivity (Wildman–Crippen MR) is 97.8 cm³/mol. The molecular formula is C19H26N4O. The quantitative estimate of drug-likeness (QED) is 0.540. The van der Waals surface area contributed by atoms with Crippen LogP contribution in [0.4, 0.5) is 0 Å². The van der Waals surface area contributed by atoms with Crippen molar-refractivity contribution in [3.8, 4) is 0 Å². The van der Waals surface area contributed by atoms with Gasteiger partial charge in [-0.15, -0.1) is 0 Å². The maximum absolute atomic E-state index is 10.2. The number of guanidine groups is 1. The summed E-state index contributed by atoms with van der Waals surface area (Å²) in [7, 11) is 0. The van der Waals surface area contributed by atoms with Crippen molar-refractivity contribution in [3.63, 3.8) is 0 Å². The van der Waals surface area contributed by atoms with E-state index in [-0.39, 0.29) is 0 Å². The Bertz CT molecular complexity index is 643. The number of hydrogen-bond acceptors (Lipinski definition) is 3. The van der Waals surface area contributed by atoms with E-state index in [1.54, 1.807) is 6.20 Å². The Kier molecular flexibility index (Phi) is 7.23. The van der Waals surface area contributed by atoms with Crippen molar-refractivity contribution in [1.82, 2.24) is 15.6 Å². The van der Waals surface area contributed by atoms with Gasteiger partial charge in [0, 0.05) is 19.3 Å². The van der Waals surface area contributed by atoms with Crippen molar-refractivity contribution in [2.45, 2.75) is 32.9 Å². The van der Waals surface area contributed by atoms with Gasteiger partial charge < -0.3 is 15.7 Å². The summed E-state index contributed by atoms with van der Waals surface area (Å²) in [4.78, 5) is 8.92. The molecule has 0 saturated carbocycles. The molecule has 5 nitrogen and oxygen atoms in total. The average Bonchev–Trinajstić information content (AvgIpc) is 2.61. The van der Waals surface area contributed by atoms with E-state index in [0.29, 0.717) is 19.5 Å². The summed E-state index contributed by atoms with van der Waals surface area (Å²) in [6, 6.07) is 13.7. The van der Waals surface area contributed by atoms with Gasteiger partial charge in [0.05, 0.1) is 18.3 Å². The summed E-state index contributed by atoms with van der Waals surface area (Å²) in [5.74, 6) is 0.739. The Hall–Kier alpha value is -2.40. The van der Waals surface area contributed by atoms with E-state index in [1.165, 1.54) is 0 Å². The van der Waals surface area contributed by atoms with E-state index >= 15 is 0 Å².